The summed E-state index contributed by atoms with van der Waals surface area (Å²) in [4.78, 5) is 39.3. The molecule has 1 atom stereocenters. The molecule has 160 valence electrons. The summed E-state index contributed by atoms with van der Waals surface area (Å²) in [5.74, 6) is -1.24. The van der Waals surface area contributed by atoms with E-state index >= 15 is 0 Å². The van der Waals surface area contributed by atoms with Crippen molar-refractivity contribution < 1.29 is 14.3 Å². The Morgan fingerprint density at radius 1 is 1.31 bits per heavy atom. The first-order chi connectivity index (χ1) is 13.2. The molecule has 2 N–H and O–H groups in total. The maximum Gasteiger partial charge on any atom is 0.341 e. The molecule has 2 rings (SSSR count). The molecule has 2 heterocycles. The van der Waals surface area contributed by atoms with Gasteiger partial charge in [0.05, 0.1) is 22.5 Å². The van der Waals surface area contributed by atoms with Gasteiger partial charge in [0.25, 0.3) is 5.56 Å². The van der Waals surface area contributed by atoms with E-state index in [9.17, 15) is 19.5 Å². The lowest BCUT2D eigenvalue weighted by atomic mass is 10.0. The molecule has 9 heteroatoms. The molecule has 0 amide bonds. The molecule has 0 aliphatic carbocycles. The zero-order valence-corrected chi connectivity index (χ0v) is 20.5. The van der Waals surface area contributed by atoms with Crippen LogP contribution in [0.3, 0.4) is 0 Å². The van der Waals surface area contributed by atoms with Gasteiger partial charge >= 0.3 is 5.97 Å². The van der Waals surface area contributed by atoms with Gasteiger partial charge in [-0.15, -0.1) is 0 Å². The monoisotopic (exact) mass is 484 g/mol. The van der Waals surface area contributed by atoms with E-state index in [0.29, 0.717) is 12.3 Å². The van der Waals surface area contributed by atoms with Gasteiger partial charge in [-0.3, -0.25) is 9.59 Å². The third-order valence-electron chi connectivity index (χ3n) is 5.77. The lowest BCUT2D eigenvalue weighted by molar-refractivity contribution is 0.0694. The second-order valence-corrected chi connectivity index (χ2v) is 14.8. The number of carboxylic acids is 1. The van der Waals surface area contributed by atoms with Crippen molar-refractivity contribution in [3.05, 3.63) is 42.9 Å². The van der Waals surface area contributed by atoms with Crippen LogP contribution in [0.1, 0.15) is 51.0 Å². The van der Waals surface area contributed by atoms with Gasteiger partial charge in [-0.25, -0.2) is 4.79 Å². The molecular weight excluding hydrogens is 456 g/mol. The highest BCUT2D eigenvalue weighted by Gasteiger charge is 2.38. The molecular formula is C20H29BrN2O5Si. The Balaban J connectivity index is 2.71. The smallest absolute Gasteiger partial charge is 0.341 e. The quantitative estimate of drug-likeness (QED) is 0.592. The minimum Gasteiger partial charge on any atom is -0.477 e. The van der Waals surface area contributed by atoms with Gasteiger partial charge in [-0.05, 0) is 46.0 Å². The van der Waals surface area contributed by atoms with Crippen molar-refractivity contribution in [2.75, 3.05) is 6.61 Å². The third kappa shape index (κ3) is 4.72. The van der Waals surface area contributed by atoms with Crippen molar-refractivity contribution in [3.63, 3.8) is 0 Å². The van der Waals surface area contributed by atoms with Gasteiger partial charge in [0, 0.05) is 6.20 Å². The van der Waals surface area contributed by atoms with E-state index in [1.165, 1.54) is 12.3 Å². The first-order valence-corrected chi connectivity index (χ1v) is 13.2. The summed E-state index contributed by atoms with van der Waals surface area (Å²) in [5, 5.41) is 9.71. The van der Waals surface area contributed by atoms with E-state index < -0.39 is 19.7 Å². The zero-order chi connectivity index (χ0) is 22.3. The van der Waals surface area contributed by atoms with Crippen LogP contribution in [0.15, 0.2) is 26.3 Å². The number of aromatic carboxylic acids is 1. The van der Waals surface area contributed by atoms with Gasteiger partial charge in [-0.1, -0.05) is 34.6 Å². The van der Waals surface area contributed by atoms with Gasteiger partial charge in [0.2, 0.25) is 5.43 Å². The number of H-pyrrole nitrogens is 1. The SMILES string of the molecule is CC(C)[C@@H](CO[Si](C)(C)C(C)(C)C)n1cc(C(=O)O)c(=O)c2cc(Br)c(=O)[nH]c21. The number of pyridine rings is 2. The van der Waals surface area contributed by atoms with E-state index in [0.717, 1.165) is 0 Å². The first-order valence-electron chi connectivity index (χ1n) is 9.52. The van der Waals surface area contributed by atoms with Gasteiger partial charge in [0.1, 0.15) is 11.2 Å². The summed E-state index contributed by atoms with van der Waals surface area (Å²) in [6.45, 7) is 15.1. The molecule has 0 fully saturated rings. The van der Waals surface area contributed by atoms with E-state index in [1.807, 2.05) is 13.8 Å². The van der Waals surface area contributed by atoms with Gasteiger partial charge in [-0.2, -0.15) is 0 Å². The van der Waals surface area contributed by atoms with Crippen LogP contribution in [0, 0.1) is 5.92 Å². The molecule has 2 aromatic heterocycles. The lowest BCUT2D eigenvalue weighted by Crippen LogP contribution is -2.42. The van der Waals surface area contributed by atoms with E-state index in [2.05, 4.69) is 54.8 Å². The molecule has 29 heavy (non-hydrogen) atoms. The number of carboxylic acid groups (broad SMARTS) is 1. The Morgan fingerprint density at radius 2 is 1.90 bits per heavy atom. The van der Waals surface area contributed by atoms with Crippen LogP contribution in [-0.4, -0.2) is 35.6 Å². The number of nitrogens with one attached hydrogen (secondary N) is 1. The number of carbonyl (C=O) groups is 1. The minimum atomic E-state index is -2.05. The van der Waals surface area contributed by atoms with Crippen LogP contribution in [0.25, 0.3) is 11.0 Å². The summed E-state index contributed by atoms with van der Waals surface area (Å²) in [7, 11) is -2.05. The highest BCUT2D eigenvalue weighted by Crippen LogP contribution is 2.37. The van der Waals surface area contributed by atoms with Crippen LogP contribution in [0.5, 0.6) is 0 Å². The summed E-state index contributed by atoms with van der Waals surface area (Å²) in [5.41, 5.74) is -1.06. The number of aromatic amines is 1. The number of rotatable bonds is 6. The molecule has 0 spiro atoms. The number of hydrogen-bond donors (Lipinski definition) is 2. The van der Waals surface area contributed by atoms with Crippen molar-refractivity contribution in [3.8, 4) is 0 Å². The maximum atomic E-state index is 12.7. The lowest BCUT2D eigenvalue weighted by Gasteiger charge is -2.38. The van der Waals surface area contributed by atoms with Crippen molar-refractivity contribution in [1.82, 2.24) is 9.55 Å². The van der Waals surface area contributed by atoms with Crippen LogP contribution in [0.4, 0.5) is 0 Å². The molecule has 0 saturated heterocycles. The molecule has 0 aromatic carbocycles. The maximum absolute atomic E-state index is 12.7. The standard InChI is InChI=1S/C20H29BrN2O5Si/c1-11(2)15(10-28-29(6,7)20(3,4)5)23-9-13(19(26)27)16(24)12-8-14(21)18(25)22-17(12)23/h8-9,11,15H,10H2,1-7H3,(H,22,25)(H,26,27)/t15-/m1/s1. The highest BCUT2D eigenvalue weighted by molar-refractivity contribution is 9.10. The minimum absolute atomic E-state index is 0.0194. The molecule has 7 nitrogen and oxygen atoms in total. The number of hydrogen-bond acceptors (Lipinski definition) is 4. The third-order valence-corrected chi connectivity index (χ3v) is 10.9. The van der Waals surface area contributed by atoms with Gasteiger partial charge < -0.3 is 19.1 Å². The summed E-state index contributed by atoms with van der Waals surface area (Å²) in [6, 6.07) is 1.12. The summed E-state index contributed by atoms with van der Waals surface area (Å²) in [6.07, 6.45) is 1.32. The second kappa shape index (κ2) is 8.20. The normalized spacial score (nSPS) is 13.8. The molecule has 2 aromatic rings. The Bertz CT molecular complexity index is 1050. The molecule has 0 unspecified atom stereocenters. The fourth-order valence-electron chi connectivity index (χ4n) is 2.80. The first kappa shape index (κ1) is 23.6. The number of fused-ring (bicyclic) bond motifs is 1. The van der Waals surface area contributed by atoms with Crippen LogP contribution in [-0.2, 0) is 4.43 Å². The van der Waals surface area contributed by atoms with E-state index in [1.54, 1.807) is 4.57 Å². The summed E-state index contributed by atoms with van der Waals surface area (Å²) >= 11 is 3.12. The average Bonchev–Trinajstić information content (AvgIpc) is 2.56. The molecule has 0 radical (unpaired) electrons. The van der Waals surface area contributed by atoms with E-state index in [4.69, 9.17) is 4.43 Å². The number of halogens is 1. The largest absolute Gasteiger partial charge is 0.477 e. The summed E-state index contributed by atoms with van der Waals surface area (Å²) < 4.78 is 8.24. The second-order valence-electron chi connectivity index (χ2n) is 9.18. The van der Waals surface area contributed by atoms with Crippen LogP contribution in [0.2, 0.25) is 18.1 Å². The highest BCUT2D eigenvalue weighted by atomic mass is 79.9. The molecule has 0 bridgehead atoms. The van der Waals surface area contributed by atoms with Crippen molar-refractivity contribution in [2.45, 2.75) is 58.8 Å². The molecule has 0 aliphatic heterocycles. The molecule has 0 saturated carbocycles. The van der Waals surface area contributed by atoms with Crippen molar-refractivity contribution in [2.24, 2.45) is 5.92 Å². The fourth-order valence-corrected chi connectivity index (χ4v) is 4.15. The Hall–Kier alpha value is -1.71. The van der Waals surface area contributed by atoms with Gasteiger partial charge in [0.15, 0.2) is 8.32 Å². The Labute approximate surface area is 179 Å². The number of aromatic nitrogens is 2. The fraction of sp³-hybridized carbons (Fsp3) is 0.550. The van der Waals surface area contributed by atoms with Crippen molar-refractivity contribution in [1.29, 1.82) is 0 Å². The van der Waals surface area contributed by atoms with Crippen LogP contribution >= 0.6 is 15.9 Å². The van der Waals surface area contributed by atoms with E-state index in [-0.39, 0.29) is 38.0 Å². The molecule has 0 aliphatic rings. The number of nitrogens with zero attached hydrogens (tertiary/aromatic N) is 1. The topological polar surface area (TPSA) is 101 Å². The predicted octanol–water partition coefficient (Wildman–Crippen LogP) is 4.37. The zero-order valence-electron chi connectivity index (χ0n) is 17.9. The Morgan fingerprint density at radius 3 is 2.38 bits per heavy atom. The average molecular weight is 485 g/mol. The van der Waals surface area contributed by atoms with Crippen molar-refractivity contribution >= 4 is 41.3 Å². The Kier molecular flexibility index (Phi) is 6.66. The van der Waals surface area contributed by atoms with Crippen LogP contribution < -0.4 is 11.0 Å². The predicted molar refractivity (Wildman–Crippen MR) is 121 cm³/mol.